The zero-order valence-electron chi connectivity index (χ0n) is 10.5. The molecule has 0 saturated carbocycles. The Kier molecular flexibility index (Phi) is 4.06. The SMILES string of the molecule is CNc1nc(N)c(C(=O)Nc2cc(C)ccc2Br)s1. The third-order valence-corrected chi connectivity index (χ3v) is 4.22. The van der Waals surface area contributed by atoms with Crippen molar-refractivity contribution in [2.75, 3.05) is 23.4 Å². The summed E-state index contributed by atoms with van der Waals surface area (Å²) in [5.41, 5.74) is 7.50. The Morgan fingerprint density at radius 1 is 1.47 bits per heavy atom. The summed E-state index contributed by atoms with van der Waals surface area (Å²) in [5.74, 6) is -0.0292. The first kappa shape index (κ1) is 13.8. The summed E-state index contributed by atoms with van der Waals surface area (Å²) in [6, 6.07) is 5.73. The number of anilines is 3. The van der Waals surface area contributed by atoms with Gasteiger partial charge in [0.25, 0.3) is 5.91 Å². The van der Waals surface area contributed by atoms with Crippen LogP contribution in [0.3, 0.4) is 0 Å². The molecule has 4 N–H and O–H groups in total. The Hall–Kier alpha value is -1.60. The van der Waals surface area contributed by atoms with Crippen molar-refractivity contribution in [3.63, 3.8) is 0 Å². The predicted octanol–water partition coefficient (Wildman–Crippen LogP) is 3.09. The van der Waals surface area contributed by atoms with Gasteiger partial charge in [0.15, 0.2) is 5.13 Å². The zero-order chi connectivity index (χ0) is 14.0. The van der Waals surface area contributed by atoms with Crippen molar-refractivity contribution >= 4 is 49.8 Å². The number of thiazole rings is 1. The van der Waals surface area contributed by atoms with E-state index in [0.717, 1.165) is 10.0 Å². The third-order valence-electron chi connectivity index (χ3n) is 2.44. The van der Waals surface area contributed by atoms with Gasteiger partial charge in [-0.3, -0.25) is 4.79 Å². The lowest BCUT2D eigenvalue weighted by Gasteiger charge is -2.07. The van der Waals surface area contributed by atoms with Crippen LogP contribution in [0, 0.1) is 6.92 Å². The average Bonchev–Trinajstić information content (AvgIpc) is 2.75. The van der Waals surface area contributed by atoms with E-state index in [0.29, 0.717) is 15.7 Å². The molecule has 0 unspecified atom stereocenters. The van der Waals surface area contributed by atoms with Crippen molar-refractivity contribution in [1.82, 2.24) is 4.98 Å². The second-order valence-electron chi connectivity index (χ2n) is 3.92. The molecule has 100 valence electrons. The lowest BCUT2D eigenvalue weighted by molar-refractivity contribution is 0.103. The maximum Gasteiger partial charge on any atom is 0.269 e. The van der Waals surface area contributed by atoms with Gasteiger partial charge in [0.1, 0.15) is 10.7 Å². The number of amides is 1. The number of carbonyl (C=O) groups is 1. The van der Waals surface area contributed by atoms with E-state index in [4.69, 9.17) is 5.73 Å². The van der Waals surface area contributed by atoms with Crippen LogP contribution >= 0.6 is 27.3 Å². The second kappa shape index (κ2) is 5.58. The first-order chi connectivity index (χ1) is 9.01. The molecule has 1 aromatic carbocycles. The topological polar surface area (TPSA) is 80.0 Å². The molecule has 0 spiro atoms. The van der Waals surface area contributed by atoms with Gasteiger partial charge in [-0.1, -0.05) is 17.4 Å². The van der Waals surface area contributed by atoms with E-state index < -0.39 is 0 Å². The number of hydrogen-bond acceptors (Lipinski definition) is 5. The molecule has 1 heterocycles. The standard InChI is InChI=1S/C12H13BrN4OS/c1-6-3-4-7(13)8(5-6)16-11(18)9-10(14)17-12(15-2)19-9/h3-5H,14H2,1-2H3,(H,15,17)(H,16,18). The molecule has 2 rings (SSSR count). The van der Waals surface area contributed by atoms with Crippen molar-refractivity contribution in [3.8, 4) is 0 Å². The Bertz CT molecular complexity index is 626. The number of nitrogen functional groups attached to an aromatic ring is 1. The maximum atomic E-state index is 12.2. The van der Waals surface area contributed by atoms with Crippen LogP contribution in [-0.2, 0) is 0 Å². The number of aromatic nitrogens is 1. The van der Waals surface area contributed by atoms with E-state index in [1.54, 1.807) is 7.05 Å². The molecule has 2 aromatic rings. The molecule has 0 aliphatic rings. The maximum absolute atomic E-state index is 12.2. The fourth-order valence-corrected chi connectivity index (χ4v) is 2.59. The summed E-state index contributed by atoms with van der Waals surface area (Å²) in [4.78, 5) is 16.6. The molecular formula is C12H13BrN4OS. The molecule has 0 aliphatic carbocycles. The van der Waals surface area contributed by atoms with E-state index in [2.05, 4.69) is 31.5 Å². The second-order valence-corrected chi connectivity index (χ2v) is 5.77. The summed E-state index contributed by atoms with van der Waals surface area (Å²) in [6.45, 7) is 1.96. The van der Waals surface area contributed by atoms with Crippen LogP contribution in [0.15, 0.2) is 22.7 Å². The number of nitrogens with one attached hydrogen (secondary N) is 2. The number of nitrogens with zero attached hydrogens (tertiary/aromatic N) is 1. The number of rotatable bonds is 3. The van der Waals surface area contributed by atoms with Crippen molar-refractivity contribution in [2.24, 2.45) is 0 Å². The van der Waals surface area contributed by atoms with Crippen molar-refractivity contribution < 1.29 is 4.79 Å². The highest BCUT2D eigenvalue weighted by Gasteiger charge is 2.16. The van der Waals surface area contributed by atoms with Crippen LogP contribution in [0.25, 0.3) is 0 Å². The summed E-state index contributed by atoms with van der Waals surface area (Å²) in [5, 5.41) is 6.30. The Labute approximate surface area is 123 Å². The van der Waals surface area contributed by atoms with Gasteiger partial charge in [0.05, 0.1) is 5.69 Å². The highest BCUT2D eigenvalue weighted by atomic mass is 79.9. The van der Waals surface area contributed by atoms with Crippen molar-refractivity contribution in [1.29, 1.82) is 0 Å². The molecule has 1 amide bonds. The first-order valence-electron chi connectivity index (χ1n) is 5.53. The summed E-state index contributed by atoms with van der Waals surface area (Å²) >= 11 is 4.62. The van der Waals surface area contributed by atoms with E-state index >= 15 is 0 Å². The highest BCUT2D eigenvalue weighted by molar-refractivity contribution is 9.10. The van der Waals surface area contributed by atoms with Gasteiger partial charge in [-0.15, -0.1) is 0 Å². The largest absolute Gasteiger partial charge is 0.382 e. The van der Waals surface area contributed by atoms with Gasteiger partial charge < -0.3 is 16.4 Å². The molecule has 0 radical (unpaired) electrons. The van der Waals surface area contributed by atoms with Gasteiger partial charge in [-0.2, -0.15) is 0 Å². The minimum Gasteiger partial charge on any atom is -0.382 e. The van der Waals surface area contributed by atoms with Crippen LogP contribution in [0.5, 0.6) is 0 Å². The van der Waals surface area contributed by atoms with Gasteiger partial charge in [0.2, 0.25) is 0 Å². The lowest BCUT2D eigenvalue weighted by Crippen LogP contribution is -2.12. The molecule has 1 aromatic heterocycles. The van der Waals surface area contributed by atoms with Gasteiger partial charge in [0, 0.05) is 11.5 Å². The van der Waals surface area contributed by atoms with E-state index in [9.17, 15) is 4.79 Å². The van der Waals surface area contributed by atoms with E-state index in [1.165, 1.54) is 11.3 Å². The first-order valence-corrected chi connectivity index (χ1v) is 7.13. The number of aryl methyl sites for hydroxylation is 1. The zero-order valence-corrected chi connectivity index (χ0v) is 12.9. The van der Waals surface area contributed by atoms with Gasteiger partial charge >= 0.3 is 0 Å². The molecule has 7 heteroatoms. The number of halogens is 1. The van der Waals surface area contributed by atoms with Gasteiger partial charge in [-0.05, 0) is 40.5 Å². The van der Waals surface area contributed by atoms with Crippen LogP contribution in [0.1, 0.15) is 15.2 Å². The normalized spacial score (nSPS) is 10.3. The lowest BCUT2D eigenvalue weighted by atomic mass is 10.2. The van der Waals surface area contributed by atoms with E-state index in [-0.39, 0.29) is 11.7 Å². The summed E-state index contributed by atoms with van der Waals surface area (Å²) in [6.07, 6.45) is 0. The predicted molar refractivity (Wildman–Crippen MR) is 82.9 cm³/mol. The molecule has 0 aliphatic heterocycles. The van der Waals surface area contributed by atoms with Crippen LogP contribution < -0.4 is 16.4 Å². The van der Waals surface area contributed by atoms with Crippen LogP contribution in [-0.4, -0.2) is 17.9 Å². The van der Waals surface area contributed by atoms with Crippen LogP contribution in [0.4, 0.5) is 16.6 Å². The van der Waals surface area contributed by atoms with Crippen LogP contribution in [0.2, 0.25) is 0 Å². The molecule has 0 atom stereocenters. The average molecular weight is 341 g/mol. The fraction of sp³-hybridized carbons (Fsp3) is 0.167. The number of carbonyl (C=O) groups excluding carboxylic acids is 1. The molecule has 19 heavy (non-hydrogen) atoms. The molecule has 5 nitrogen and oxygen atoms in total. The molecule has 0 fully saturated rings. The minimum absolute atomic E-state index is 0.232. The summed E-state index contributed by atoms with van der Waals surface area (Å²) < 4.78 is 0.823. The van der Waals surface area contributed by atoms with Crippen molar-refractivity contribution in [3.05, 3.63) is 33.1 Å². The third kappa shape index (κ3) is 3.05. The highest BCUT2D eigenvalue weighted by Crippen LogP contribution is 2.28. The number of benzene rings is 1. The Morgan fingerprint density at radius 3 is 2.84 bits per heavy atom. The molecule has 0 bridgehead atoms. The summed E-state index contributed by atoms with van der Waals surface area (Å²) in [7, 11) is 1.73. The van der Waals surface area contributed by atoms with Gasteiger partial charge in [-0.25, -0.2) is 4.98 Å². The van der Waals surface area contributed by atoms with Crippen molar-refractivity contribution in [2.45, 2.75) is 6.92 Å². The monoisotopic (exact) mass is 340 g/mol. The number of hydrogen-bond donors (Lipinski definition) is 3. The molecular weight excluding hydrogens is 328 g/mol. The van der Waals surface area contributed by atoms with E-state index in [1.807, 2.05) is 25.1 Å². The number of nitrogens with two attached hydrogens (primary N) is 1. The Morgan fingerprint density at radius 2 is 2.21 bits per heavy atom. The Balaban J connectivity index is 2.25. The molecule has 0 saturated heterocycles. The quantitative estimate of drug-likeness (QED) is 0.801. The minimum atomic E-state index is -0.261. The fourth-order valence-electron chi connectivity index (χ4n) is 1.52. The smallest absolute Gasteiger partial charge is 0.269 e.